The molecule has 0 saturated heterocycles. The van der Waals surface area contributed by atoms with Crippen LogP contribution in [0.5, 0.6) is 0 Å². The second-order valence-electron chi connectivity index (χ2n) is 3.79. The Kier molecular flexibility index (Phi) is 4.96. The largest absolute Gasteiger partial charge is 0.458 e. The minimum Gasteiger partial charge on any atom is -0.458 e. The highest BCUT2D eigenvalue weighted by atomic mass is 19.1. The van der Waals surface area contributed by atoms with Crippen molar-refractivity contribution in [2.75, 3.05) is 0 Å². The van der Waals surface area contributed by atoms with Gasteiger partial charge in [-0.2, -0.15) is 0 Å². The molecular weight excluding hydrogens is 207 g/mol. The summed E-state index contributed by atoms with van der Waals surface area (Å²) in [7, 11) is 0. The molecule has 0 aliphatic heterocycles. The maximum Gasteiger partial charge on any atom is 0.306 e. The molecule has 0 heterocycles. The summed E-state index contributed by atoms with van der Waals surface area (Å²) in [5, 5.41) is 0. The summed E-state index contributed by atoms with van der Waals surface area (Å²) < 4.78 is 17.9. The fourth-order valence-corrected chi connectivity index (χ4v) is 1.38. The van der Waals surface area contributed by atoms with E-state index in [-0.39, 0.29) is 17.9 Å². The minimum absolute atomic E-state index is 0.196. The quantitative estimate of drug-likeness (QED) is 0.714. The molecule has 16 heavy (non-hydrogen) atoms. The van der Waals surface area contributed by atoms with Crippen LogP contribution in [-0.4, -0.2) is 5.97 Å². The Morgan fingerprint density at radius 2 is 2.00 bits per heavy atom. The van der Waals surface area contributed by atoms with Crippen LogP contribution in [0.3, 0.4) is 0 Å². The van der Waals surface area contributed by atoms with Gasteiger partial charge in [-0.05, 0) is 31.0 Å². The van der Waals surface area contributed by atoms with E-state index in [1.807, 2.05) is 6.92 Å². The van der Waals surface area contributed by atoms with Crippen molar-refractivity contribution in [1.82, 2.24) is 0 Å². The Labute approximate surface area is 95.4 Å². The topological polar surface area (TPSA) is 26.3 Å². The molecular formula is C13H17FO2. The van der Waals surface area contributed by atoms with Crippen LogP contribution in [0.4, 0.5) is 4.39 Å². The molecule has 1 rings (SSSR count). The summed E-state index contributed by atoms with van der Waals surface area (Å²) in [5.74, 6) is -0.480. The van der Waals surface area contributed by atoms with Gasteiger partial charge in [-0.3, -0.25) is 4.79 Å². The molecule has 0 spiro atoms. The number of hydrogen-bond acceptors (Lipinski definition) is 2. The zero-order chi connectivity index (χ0) is 12.0. The minimum atomic E-state index is -0.315. The van der Waals surface area contributed by atoms with Gasteiger partial charge in [-0.25, -0.2) is 4.39 Å². The number of rotatable bonds is 5. The fourth-order valence-electron chi connectivity index (χ4n) is 1.38. The molecule has 1 aromatic rings. The maximum absolute atomic E-state index is 12.7. The van der Waals surface area contributed by atoms with Gasteiger partial charge in [0.05, 0.1) is 0 Å². The van der Waals surface area contributed by atoms with E-state index in [4.69, 9.17) is 4.74 Å². The number of benzene rings is 1. The van der Waals surface area contributed by atoms with Gasteiger partial charge >= 0.3 is 5.97 Å². The Balaban J connectivity index is 2.48. The molecule has 0 aromatic heterocycles. The lowest BCUT2D eigenvalue weighted by atomic mass is 10.1. The van der Waals surface area contributed by atoms with Gasteiger partial charge < -0.3 is 4.74 Å². The summed E-state index contributed by atoms with van der Waals surface area (Å²) in [6.45, 7) is 3.81. The molecule has 2 nitrogen and oxygen atoms in total. The van der Waals surface area contributed by atoms with Gasteiger partial charge in [-0.1, -0.05) is 25.5 Å². The average molecular weight is 224 g/mol. The van der Waals surface area contributed by atoms with E-state index in [0.29, 0.717) is 6.42 Å². The molecule has 3 heteroatoms. The molecule has 0 bridgehead atoms. The van der Waals surface area contributed by atoms with Crippen LogP contribution in [0.15, 0.2) is 24.3 Å². The standard InChI is InChI=1S/C13H17FO2/c1-3-4-5-13(15)16-10(2)11-6-8-12(14)9-7-11/h6-10H,3-5H2,1-2H3/t10-/m1/s1. The second kappa shape index (κ2) is 6.26. The number of carbonyl (C=O) groups excluding carboxylic acids is 1. The molecule has 0 aliphatic carbocycles. The molecule has 0 N–H and O–H groups in total. The number of carbonyl (C=O) groups is 1. The number of hydrogen-bond donors (Lipinski definition) is 0. The SMILES string of the molecule is CCCCC(=O)O[C@H](C)c1ccc(F)cc1. The van der Waals surface area contributed by atoms with E-state index in [1.54, 1.807) is 19.1 Å². The van der Waals surface area contributed by atoms with E-state index in [9.17, 15) is 9.18 Å². The van der Waals surface area contributed by atoms with Gasteiger partial charge in [0.1, 0.15) is 11.9 Å². The molecule has 0 radical (unpaired) electrons. The third-order valence-corrected chi connectivity index (χ3v) is 2.38. The smallest absolute Gasteiger partial charge is 0.306 e. The van der Waals surface area contributed by atoms with Crippen molar-refractivity contribution in [3.63, 3.8) is 0 Å². The average Bonchev–Trinajstić information content (AvgIpc) is 2.27. The lowest BCUT2D eigenvalue weighted by molar-refractivity contribution is -0.148. The van der Waals surface area contributed by atoms with E-state index in [1.165, 1.54) is 12.1 Å². The molecule has 1 aromatic carbocycles. The predicted molar refractivity (Wildman–Crippen MR) is 60.4 cm³/mol. The Morgan fingerprint density at radius 1 is 1.38 bits per heavy atom. The third kappa shape index (κ3) is 4.01. The predicted octanol–water partition coefficient (Wildman–Crippen LogP) is 3.62. The third-order valence-electron chi connectivity index (χ3n) is 2.38. The first-order chi connectivity index (χ1) is 7.63. The highest BCUT2D eigenvalue weighted by molar-refractivity contribution is 5.69. The van der Waals surface area contributed by atoms with Crippen LogP contribution in [0, 0.1) is 5.82 Å². The molecule has 0 unspecified atom stereocenters. The summed E-state index contributed by atoms with van der Waals surface area (Å²) in [5.41, 5.74) is 0.811. The molecule has 0 aliphatic rings. The van der Waals surface area contributed by atoms with Crippen molar-refractivity contribution in [1.29, 1.82) is 0 Å². The van der Waals surface area contributed by atoms with Gasteiger partial charge in [0.15, 0.2) is 0 Å². The molecule has 1 atom stereocenters. The Hall–Kier alpha value is -1.38. The van der Waals surface area contributed by atoms with Crippen LogP contribution in [0.25, 0.3) is 0 Å². The van der Waals surface area contributed by atoms with Gasteiger partial charge in [0.25, 0.3) is 0 Å². The van der Waals surface area contributed by atoms with Crippen molar-refractivity contribution >= 4 is 5.97 Å². The second-order valence-corrected chi connectivity index (χ2v) is 3.79. The van der Waals surface area contributed by atoms with E-state index >= 15 is 0 Å². The van der Waals surface area contributed by atoms with Crippen molar-refractivity contribution in [3.05, 3.63) is 35.6 Å². The lowest BCUT2D eigenvalue weighted by Gasteiger charge is -2.13. The highest BCUT2D eigenvalue weighted by Gasteiger charge is 2.10. The van der Waals surface area contributed by atoms with E-state index in [0.717, 1.165) is 18.4 Å². The normalized spacial score (nSPS) is 12.2. The maximum atomic E-state index is 12.7. The summed E-state index contributed by atoms with van der Waals surface area (Å²) in [4.78, 5) is 11.4. The first-order valence-electron chi connectivity index (χ1n) is 5.58. The van der Waals surface area contributed by atoms with Crippen molar-refractivity contribution in [2.45, 2.75) is 39.2 Å². The Morgan fingerprint density at radius 3 is 2.56 bits per heavy atom. The van der Waals surface area contributed by atoms with Crippen LogP contribution in [0.2, 0.25) is 0 Å². The van der Waals surface area contributed by atoms with E-state index in [2.05, 4.69) is 0 Å². The number of ether oxygens (including phenoxy) is 1. The first-order valence-corrected chi connectivity index (χ1v) is 5.58. The highest BCUT2D eigenvalue weighted by Crippen LogP contribution is 2.18. The number of halogens is 1. The van der Waals surface area contributed by atoms with Crippen LogP contribution in [0.1, 0.15) is 44.8 Å². The van der Waals surface area contributed by atoms with Crippen LogP contribution in [-0.2, 0) is 9.53 Å². The zero-order valence-corrected chi connectivity index (χ0v) is 9.70. The van der Waals surface area contributed by atoms with Gasteiger partial charge in [0, 0.05) is 6.42 Å². The molecule has 0 fully saturated rings. The summed E-state index contributed by atoms with van der Waals surface area (Å²) >= 11 is 0. The summed E-state index contributed by atoms with van der Waals surface area (Å²) in [6, 6.07) is 6.00. The van der Waals surface area contributed by atoms with Crippen molar-refractivity contribution in [2.24, 2.45) is 0 Å². The monoisotopic (exact) mass is 224 g/mol. The summed E-state index contributed by atoms with van der Waals surface area (Å²) in [6.07, 6.45) is 1.95. The zero-order valence-electron chi connectivity index (χ0n) is 9.70. The van der Waals surface area contributed by atoms with Crippen LogP contribution < -0.4 is 0 Å². The number of unbranched alkanes of at least 4 members (excludes halogenated alkanes) is 1. The number of esters is 1. The first kappa shape index (κ1) is 12.7. The molecule has 0 amide bonds. The van der Waals surface area contributed by atoms with E-state index < -0.39 is 0 Å². The Bertz CT molecular complexity index is 332. The molecule has 0 saturated carbocycles. The van der Waals surface area contributed by atoms with Crippen molar-refractivity contribution < 1.29 is 13.9 Å². The van der Waals surface area contributed by atoms with Crippen molar-refractivity contribution in [3.8, 4) is 0 Å². The lowest BCUT2D eigenvalue weighted by Crippen LogP contribution is -2.08. The van der Waals surface area contributed by atoms with Gasteiger partial charge in [-0.15, -0.1) is 0 Å². The van der Waals surface area contributed by atoms with Gasteiger partial charge in [0.2, 0.25) is 0 Å². The van der Waals surface area contributed by atoms with Crippen LogP contribution >= 0.6 is 0 Å². The fraction of sp³-hybridized carbons (Fsp3) is 0.462. The molecule has 88 valence electrons.